The number of furan rings is 1. The van der Waals surface area contributed by atoms with Crippen LogP contribution in [-0.2, 0) is 4.79 Å². The normalized spacial score (nSPS) is 11.2. The number of carbonyl (C=O) groups is 2. The number of nitrogens with one attached hydrogen (secondary N) is 2. The van der Waals surface area contributed by atoms with Gasteiger partial charge in [-0.25, -0.2) is 0 Å². The van der Waals surface area contributed by atoms with Crippen molar-refractivity contribution in [2.75, 3.05) is 5.32 Å². The predicted octanol–water partition coefficient (Wildman–Crippen LogP) is 4.51. The summed E-state index contributed by atoms with van der Waals surface area (Å²) in [6.45, 7) is 0. The van der Waals surface area contributed by atoms with Gasteiger partial charge in [-0.2, -0.15) is 0 Å². The van der Waals surface area contributed by atoms with Gasteiger partial charge in [0.05, 0.1) is 11.1 Å². The van der Waals surface area contributed by atoms with Gasteiger partial charge in [0.1, 0.15) is 11.5 Å². The summed E-state index contributed by atoms with van der Waals surface area (Å²) in [4.78, 5) is 25.4. The molecule has 0 unspecified atom stereocenters. The maximum atomic E-state index is 12.6. The molecule has 3 rings (SSSR count). The Morgan fingerprint density at radius 3 is 2.68 bits per heavy atom. The molecule has 0 radical (unpaired) electrons. The fourth-order valence-electron chi connectivity index (χ4n) is 2.03. The molecular formula is C18H13BrN2O3S. The quantitative estimate of drug-likeness (QED) is 0.600. The van der Waals surface area contributed by atoms with Crippen LogP contribution in [0.25, 0.3) is 6.08 Å². The highest BCUT2D eigenvalue weighted by Crippen LogP contribution is 2.17. The first-order valence-electron chi connectivity index (χ1n) is 7.29. The van der Waals surface area contributed by atoms with Crippen LogP contribution in [0.5, 0.6) is 0 Å². The van der Waals surface area contributed by atoms with Gasteiger partial charge in [-0.05, 0) is 41.8 Å². The molecule has 2 heterocycles. The second-order valence-electron chi connectivity index (χ2n) is 4.97. The van der Waals surface area contributed by atoms with Crippen molar-refractivity contribution in [1.82, 2.24) is 5.32 Å². The van der Waals surface area contributed by atoms with Crippen molar-refractivity contribution in [3.05, 3.63) is 81.0 Å². The highest BCUT2D eigenvalue weighted by molar-refractivity contribution is 9.10. The lowest BCUT2D eigenvalue weighted by Gasteiger charge is -2.10. The third-order valence-corrected chi connectivity index (χ3v) is 4.51. The monoisotopic (exact) mass is 416 g/mol. The van der Waals surface area contributed by atoms with E-state index in [0.29, 0.717) is 16.3 Å². The number of hydrogen-bond donors (Lipinski definition) is 2. The van der Waals surface area contributed by atoms with Gasteiger partial charge in [0, 0.05) is 16.2 Å². The van der Waals surface area contributed by atoms with Crippen LogP contribution in [0, 0.1) is 0 Å². The van der Waals surface area contributed by atoms with Crippen LogP contribution >= 0.6 is 27.3 Å². The van der Waals surface area contributed by atoms with Gasteiger partial charge in [0.15, 0.2) is 0 Å². The first kappa shape index (κ1) is 17.2. The first-order valence-corrected chi connectivity index (χ1v) is 8.96. The molecule has 2 amide bonds. The van der Waals surface area contributed by atoms with E-state index in [9.17, 15) is 9.59 Å². The van der Waals surface area contributed by atoms with Crippen LogP contribution in [0.15, 0.2) is 74.8 Å². The topological polar surface area (TPSA) is 71.3 Å². The Morgan fingerprint density at radius 2 is 2.00 bits per heavy atom. The minimum absolute atomic E-state index is 0.0910. The number of amides is 2. The highest BCUT2D eigenvalue weighted by Gasteiger charge is 2.16. The van der Waals surface area contributed by atoms with Gasteiger partial charge in [0.25, 0.3) is 11.8 Å². The average molecular weight is 417 g/mol. The number of halogens is 1. The molecular weight excluding hydrogens is 404 g/mol. The van der Waals surface area contributed by atoms with Crippen molar-refractivity contribution < 1.29 is 14.0 Å². The van der Waals surface area contributed by atoms with E-state index in [-0.39, 0.29) is 11.6 Å². The van der Waals surface area contributed by atoms with E-state index in [4.69, 9.17) is 4.42 Å². The molecule has 3 aromatic rings. The smallest absolute Gasteiger partial charge is 0.272 e. The summed E-state index contributed by atoms with van der Waals surface area (Å²) in [5, 5.41) is 7.19. The summed E-state index contributed by atoms with van der Waals surface area (Å²) in [5.74, 6) is -0.331. The lowest BCUT2D eigenvalue weighted by atomic mass is 10.2. The predicted molar refractivity (Wildman–Crippen MR) is 101 cm³/mol. The molecule has 0 saturated heterocycles. The van der Waals surface area contributed by atoms with E-state index < -0.39 is 5.91 Å². The third-order valence-electron chi connectivity index (χ3n) is 3.15. The van der Waals surface area contributed by atoms with Crippen LogP contribution in [0.2, 0.25) is 0 Å². The molecule has 25 heavy (non-hydrogen) atoms. The lowest BCUT2D eigenvalue weighted by Crippen LogP contribution is -2.30. The Bertz CT molecular complexity index is 902. The van der Waals surface area contributed by atoms with Gasteiger partial charge < -0.3 is 15.1 Å². The zero-order valence-corrected chi connectivity index (χ0v) is 15.3. The number of hydrogen-bond acceptors (Lipinski definition) is 4. The number of thiophene rings is 1. The minimum atomic E-state index is -0.445. The summed E-state index contributed by atoms with van der Waals surface area (Å²) in [6, 6.07) is 14.1. The third kappa shape index (κ3) is 4.68. The molecule has 2 aromatic heterocycles. The molecule has 0 atom stereocenters. The van der Waals surface area contributed by atoms with Gasteiger partial charge >= 0.3 is 0 Å². The molecule has 0 aliphatic rings. The van der Waals surface area contributed by atoms with Gasteiger partial charge in [-0.15, -0.1) is 11.3 Å². The lowest BCUT2D eigenvalue weighted by molar-refractivity contribution is -0.113. The Labute approximate surface area is 156 Å². The maximum absolute atomic E-state index is 12.6. The van der Waals surface area contributed by atoms with Crippen LogP contribution in [0.3, 0.4) is 0 Å². The van der Waals surface area contributed by atoms with E-state index in [1.54, 1.807) is 47.8 Å². The minimum Gasteiger partial charge on any atom is -0.465 e. The standard InChI is InChI=1S/C18H13BrN2O3S/c19-12-4-1-5-13(10-12)20-17(22)15(11-14-6-2-8-24-14)21-18(23)16-7-3-9-25-16/h1-11H,(H,20,22)(H,21,23). The van der Waals surface area contributed by atoms with Gasteiger partial charge in [-0.1, -0.05) is 28.1 Å². The molecule has 0 bridgehead atoms. The van der Waals surface area contributed by atoms with E-state index >= 15 is 0 Å². The summed E-state index contributed by atoms with van der Waals surface area (Å²) >= 11 is 4.65. The molecule has 1 aromatic carbocycles. The second kappa shape index (κ2) is 7.96. The largest absolute Gasteiger partial charge is 0.465 e. The molecule has 0 spiro atoms. The van der Waals surface area contributed by atoms with Crippen LogP contribution < -0.4 is 10.6 Å². The molecule has 0 aliphatic carbocycles. The number of rotatable bonds is 5. The van der Waals surface area contributed by atoms with E-state index in [1.807, 2.05) is 6.07 Å². The van der Waals surface area contributed by atoms with Gasteiger partial charge in [0.2, 0.25) is 0 Å². The molecule has 126 valence electrons. The molecule has 7 heteroatoms. The Balaban J connectivity index is 1.83. The van der Waals surface area contributed by atoms with E-state index in [0.717, 1.165) is 4.47 Å². The molecule has 0 saturated carbocycles. The second-order valence-corrected chi connectivity index (χ2v) is 6.83. The van der Waals surface area contributed by atoms with E-state index in [1.165, 1.54) is 23.7 Å². The van der Waals surface area contributed by atoms with Crippen LogP contribution in [-0.4, -0.2) is 11.8 Å². The van der Waals surface area contributed by atoms with Crippen molar-refractivity contribution in [2.45, 2.75) is 0 Å². The Morgan fingerprint density at radius 1 is 1.12 bits per heavy atom. The SMILES string of the molecule is O=C(Nc1cccc(Br)c1)C(=Cc1ccco1)NC(=O)c1cccs1. The fraction of sp³-hybridized carbons (Fsp3) is 0. The molecule has 5 nitrogen and oxygen atoms in total. The van der Waals surface area contributed by atoms with Crippen LogP contribution in [0.4, 0.5) is 5.69 Å². The summed E-state index contributed by atoms with van der Waals surface area (Å²) in [5.41, 5.74) is 0.698. The van der Waals surface area contributed by atoms with Crippen molar-refractivity contribution in [3.63, 3.8) is 0 Å². The Hall–Kier alpha value is -2.64. The number of carbonyl (C=O) groups excluding carboxylic acids is 2. The van der Waals surface area contributed by atoms with Crippen molar-refractivity contribution in [3.8, 4) is 0 Å². The zero-order chi connectivity index (χ0) is 17.6. The average Bonchev–Trinajstić information content (AvgIpc) is 3.28. The number of benzene rings is 1. The number of anilines is 1. The molecule has 0 aliphatic heterocycles. The van der Waals surface area contributed by atoms with Crippen molar-refractivity contribution in [2.24, 2.45) is 0 Å². The van der Waals surface area contributed by atoms with Crippen LogP contribution in [0.1, 0.15) is 15.4 Å². The fourth-order valence-corrected chi connectivity index (χ4v) is 3.05. The van der Waals surface area contributed by atoms with Gasteiger partial charge in [-0.3, -0.25) is 9.59 Å². The molecule has 2 N–H and O–H groups in total. The summed E-state index contributed by atoms with van der Waals surface area (Å²) in [6.07, 6.45) is 2.98. The van der Waals surface area contributed by atoms with E-state index in [2.05, 4.69) is 26.6 Å². The highest BCUT2D eigenvalue weighted by atomic mass is 79.9. The zero-order valence-electron chi connectivity index (χ0n) is 12.9. The summed E-state index contributed by atoms with van der Waals surface area (Å²) < 4.78 is 6.08. The maximum Gasteiger partial charge on any atom is 0.272 e. The Kier molecular flexibility index (Phi) is 5.47. The first-order chi connectivity index (χ1) is 12.1. The van der Waals surface area contributed by atoms with Crippen molar-refractivity contribution >= 4 is 50.8 Å². The summed E-state index contributed by atoms with van der Waals surface area (Å²) in [7, 11) is 0. The molecule has 0 fully saturated rings. The van der Waals surface area contributed by atoms with Crippen molar-refractivity contribution in [1.29, 1.82) is 0 Å².